The number of carbonyl (C=O) groups excluding carboxylic acids is 1. The van der Waals surface area contributed by atoms with Gasteiger partial charge in [-0.15, -0.1) is 0 Å². The molecule has 0 aromatic carbocycles. The Hall–Kier alpha value is -0.723. The second kappa shape index (κ2) is 9.18. The van der Waals surface area contributed by atoms with Gasteiger partial charge in [0, 0.05) is 18.7 Å². The van der Waals surface area contributed by atoms with Crippen LogP contribution in [0.15, 0.2) is 18.3 Å². The van der Waals surface area contributed by atoms with Gasteiger partial charge in [-0.1, -0.05) is 63.5 Å². The molecule has 0 amide bonds. The van der Waals surface area contributed by atoms with Gasteiger partial charge >= 0.3 is 5.97 Å². The SMILES string of the molecule is CC(=O)OC1c2cccnc2C(O[Si](C(C)C)(C(C)C)C(C)C)CCC1Br. The van der Waals surface area contributed by atoms with Gasteiger partial charge in [0.1, 0.15) is 6.10 Å². The molecule has 0 N–H and O–H groups in total. The van der Waals surface area contributed by atoms with Crippen LogP contribution in [-0.2, 0) is 14.0 Å². The van der Waals surface area contributed by atoms with E-state index in [0.717, 1.165) is 24.1 Å². The molecule has 1 aliphatic carbocycles. The zero-order valence-electron chi connectivity index (χ0n) is 17.7. The molecule has 0 saturated heterocycles. The van der Waals surface area contributed by atoms with Crippen molar-refractivity contribution < 1.29 is 14.0 Å². The molecule has 0 radical (unpaired) electrons. The van der Waals surface area contributed by atoms with E-state index >= 15 is 0 Å². The van der Waals surface area contributed by atoms with Gasteiger partial charge in [-0.25, -0.2) is 0 Å². The fourth-order valence-electron chi connectivity index (χ4n) is 4.82. The van der Waals surface area contributed by atoms with Crippen molar-refractivity contribution in [3.63, 3.8) is 0 Å². The van der Waals surface area contributed by atoms with Crippen LogP contribution in [0.2, 0.25) is 16.6 Å². The first kappa shape index (κ1) is 22.6. The van der Waals surface area contributed by atoms with Crippen molar-refractivity contribution in [2.45, 2.75) is 95.0 Å². The number of halogens is 1. The minimum atomic E-state index is -2.04. The lowest BCUT2D eigenvalue weighted by atomic mass is 10.1. The minimum Gasteiger partial charge on any atom is -0.456 e. The van der Waals surface area contributed by atoms with Crippen molar-refractivity contribution in [2.75, 3.05) is 0 Å². The highest BCUT2D eigenvalue weighted by molar-refractivity contribution is 9.09. The lowest BCUT2D eigenvalue weighted by Gasteiger charge is -2.44. The molecule has 6 heteroatoms. The molecular weight excluding hydrogens is 422 g/mol. The van der Waals surface area contributed by atoms with E-state index in [1.807, 2.05) is 18.3 Å². The zero-order chi connectivity index (χ0) is 20.4. The van der Waals surface area contributed by atoms with E-state index in [9.17, 15) is 4.79 Å². The number of rotatable bonds is 6. The van der Waals surface area contributed by atoms with Crippen LogP contribution < -0.4 is 0 Å². The van der Waals surface area contributed by atoms with Crippen molar-refractivity contribution in [1.29, 1.82) is 0 Å². The van der Waals surface area contributed by atoms with Crippen molar-refractivity contribution in [3.05, 3.63) is 29.6 Å². The van der Waals surface area contributed by atoms with E-state index in [1.54, 1.807) is 0 Å². The van der Waals surface area contributed by atoms with Crippen LogP contribution in [0.3, 0.4) is 0 Å². The molecule has 0 bridgehead atoms. The Morgan fingerprint density at radius 3 is 2.26 bits per heavy atom. The standard InChI is InChI=1S/C21H34BrNO3Si/c1-13(2)27(14(3)4,15(5)6)26-19-11-10-18(22)21(25-16(7)24)17-9-8-12-23-20(17)19/h8-9,12-15,18-19,21H,10-11H2,1-7H3. The summed E-state index contributed by atoms with van der Waals surface area (Å²) in [6.45, 7) is 15.3. The smallest absolute Gasteiger partial charge is 0.303 e. The Bertz CT molecular complexity index is 628. The topological polar surface area (TPSA) is 48.4 Å². The minimum absolute atomic E-state index is 0.0549. The van der Waals surface area contributed by atoms with Crippen molar-refractivity contribution in [2.24, 2.45) is 0 Å². The fourth-order valence-corrected chi connectivity index (χ4v) is 11.0. The monoisotopic (exact) mass is 455 g/mol. The Morgan fingerprint density at radius 2 is 1.74 bits per heavy atom. The summed E-state index contributed by atoms with van der Waals surface area (Å²) < 4.78 is 12.7. The molecule has 1 aromatic heterocycles. The highest BCUT2D eigenvalue weighted by Gasteiger charge is 2.48. The van der Waals surface area contributed by atoms with Gasteiger partial charge < -0.3 is 9.16 Å². The predicted octanol–water partition coefficient (Wildman–Crippen LogP) is 6.48. The lowest BCUT2D eigenvalue weighted by Crippen LogP contribution is -2.48. The maximum atomic E-state index is 11.7. The van der Waals surface area contributed by atoms with E-state index in [1.165, 1.54) is 6.92 Å². The molecular formula is C21H34BrNO3Si. The Kier molecular flexibility index (Phi) is 7.67. The van der Waals surface area contributed by atoms with Crippen LogP contribution in [0, 0.1) is 0 Å². The number of pyridine rings is 1. The number of carbonyl (C=O) groups is 1. The third-order valence-electron chi connectivity index (χ3n) is 5.86. The van der Waals surface area contributed by atoms with Crippen molar-refractivity contribution in [3.8, 4) is 0 Å². The normalized spacial score (nSPS) is 23.4. The summed E-state index contributed by atoms with van der Waals surface area (Å²) in [5.74, 6) is -0.270. The van der Waals surface area contributed by atoms with E-state index in [4.69, 9.17) is 14.1 Å². The molecule has 0 spiro atoms. The van der Waals surface area contributed by atoms with Gasteiger partial charge in [-0.05, 0) is 35.5 Å². The van der Waals surface area contributed by atoms with Gasteiger partial charge in [0.2, 0.25) is 8.32 Å². The van der Waals surface area contributed by atoms with Crippen molar-refractivity contribution in [1.82, 2.24) is 4.98 Å². The van der Waals surface area contributed by atoms with Gasteiger partial charge in [0.15, 0.2) is 0 Å². The van der Waals surface area contributed by atoms with Crippen LogP contribution in [-0.4, -0.2) is 24.1 Å². The Balaban J connectivity index is 2.49. The van der Waals surface area contributed by atoms with Gasteiger partial charge in [0.25, 0.3) is 0 Å². The van der Waals surface area contributed by atoms with Crippen LogP contribution in [0.5, 0.6) is 0 Å². The summed E-state index contributed by atoms with van der Waals surface area (Å²) in [6, 6.07) is 3.94. The molecule has 0 fully saturated rings. The first-order valence-electron chi connectivity index (χ1n) is 10.0. The highest BCUT2D eigenvalue weighted by atomic mass is 79.9. The molecule has 152 valence electrons. The number of fused-ring (bicyclic) bond motifs is 1. The maximum Gasteiger partial charge on any atom is 0.303 e. The lowest BCUT2D eigenvalue weighted by molar-refractivity contribution is -0.146. The highest BCUT2D eigenvalue weighted by Crippen LogP contribution is 2.48. The molecule has 3 unspecified atom stereocenters. The first-order valence-corrected chi connectivity index (χ1v) is 13.1. The second-order valence-corrected chi connectivity index (χ2v) is 15.1. The summed E-state index contributed by atoms with van der Waals surface area (Å²) in [5, 5.41) is 0. The molecule has 1 heterocycles. The van der Waals surface area contributed by atoms with E-state index < -0.39 is 8.32 Å². The molecule has 0 aliphatic heterocycles. The molecule has 0 saturated carbocycles. The number of alkyl halides is 1. The second-order valence-electron chi connectivity index (χ2n) is 8.53. The molecule has 3 atom stereocenters. The summed E-state index contributed by atoms with van der Waals surface area (Å²) in [4.78, 5) is 16.4. The first-order chi connectivity index (χ1) is 12.6. The van der Waals surface area contributed by atoms with E-state index in [-0.39, 0.29) is 23.0 Å². The third-order valence-corrected chi connectivity index (χ3v) is 12.9. The van der Waals surface area contributed by atoms with Gasteiger partial charge in [-0.3, -0.25) is 9.78 Å². The summed E-state index contributed by atoms with van der Waals surface area (Å²) >= 11 is 3.75. The van der Waals surface area contributed by atoms with E-state index in [2.05, 4.69) is 57.5 Å². The van der Waals surface area contributed by atoms with Crippen LogP contribution >= 0.6 is 15.9 Å². The third kappa shape index (κ3) is 4.65. The predicted molar refractivity (Wildman–Crippen MR) is 116 cm³/mol. The van der Waals surface area contributed by atoms with E-state index in [0.29, 0.717) is 16.6 Å². The number of nitrogens with zero attached hydrogens (tertiary/aromatic N) is 1. The number of ether oxygens (including phenoxy) is 1. The van der Waals surface area contributed by atoms with Crippen molar-refractivity contribution >= 4 is 30.2 Å². The summed E-state index contributed by atoms with van der Waals surface area (Å²) in [6.07, 6.45) is 3.18. The number of aromatic nitrogens is 1. The maximum absolute atomic E-state index is 11.7. The fraction of sp³-hybridized carbons (Fsp3) is 0.714. The van der Waals surface area contributed by atoms with Gasteiger partial charge in [-0.2, -0.15) is 0 Å². The van der Waals surface area contributed by atoms with Crippen LogP contribution in [0.1, 0.15) is 84.8 Å². The van der Waals surface area contributed by atoms with Gasteiger partial charge in [0.05, 0.1) is 16.6 Å². The summed E-state index contributed by atoms with van der Waals surface area (Å²) in [7, 11) is -2.04. The number of esters is 1. The molecule has 2 rings (SSSR count). The molecule has 27 heavy (non-hydrogen) atoms. The van der Waals surface area contributed by atoms with Crippen LogP contribution in [0.4, 0.5) is 0 Å². The average molecular weight is 456 g/mol. The Labute approximate surface area is 173 Å². The average Bonchev–Trinajstić information content (AvgIpc) is 2.70. The Morgan fingerprint density at radius 1 is 1.15 bits per heavy atom. The number of hydrogen-bond donors (Lipinski definition) is 0. The quantitative estimate of drug-likeness (QED) is 0.213. The summed E-state index contributed by atoms with van der Waals surface area (Å²) in [5.41, 5.74) is 3.44. The molecule has 1 aromatic rings. The number of hydrogen-bond acceptors (Lipinski definition) is 4. The zero-order valence-corrected chi connectivity index (χ0v) is 20.2. The molecule has 1 aliphatic rings. The molecule has 4 nitrogen and oxygen atoms in total. The van der Waals surface area contributed by atoms with Crippen LogP contribution in [0.25, 0.3) is 0 Å². The largest absolute Gasteiger partial charge is 0.456 e.